The van der Waals surface area contributed by atoms with Gasteiger partial charge < -0.3 is 5.32 Å². The molecule has 2 aromatic heterocycles. The molecule has 0 bridgehead atoms. The highest BCUT2D eigenvalue weighted by Crippen LogP contribution is 2.04. The van der Waals surface area contributed by atoms with Crippen LogP contribution < -0.4 is 5.32 Å². The number of aromatic nitrogens is 3. The fourth-order valence-corrected chi connectivity index (χ4v) is 2.21. The Bertz CT molecular complexity index is 662. The molecule has 0 aliphatic heterocycles. The van der Waals surface area contributed by atoms with Crippen LogP contribution >= 0.6 is 0 Å². The van der Waals surface area contributed by atoms with Gasteiger partial charge in [-0.3, -0.25) is 9.67 Å². The minimum absolute atomic E-state index is 0.809. The van der Waals surface area contributed by atoms with E-state index in [1.54, 1.807) is 6.20 Å². The van der Waals surface area contributed by atoms with Crippen molar-refractivity contribution in [3.8, 4) is 0 Å². The van der Waals surface area contributed by atoms with E-state index >= 15 is 0 Å². The standard InChI is InChI=1S/C17H18N4/c1-2-5-15(6-3-1)13-21-14-17(12-20-21)11-19-10-16-7-4-8-18-9-16/h1-9,12,14,19H,10-11,13H2. The Hall–Kier alpha value is -2.46. The fourth-order valence-electron chi connectivity index (χ4n) is 2.21. The van der Waals surface area contributed by atoms with Crippen molar-refractivity contribution in [3.05, 3.63) is 83.9 Å². The van der Waals surface area contributed by atoms with E-state index in [0.717, 1.165) is 19.6 Å². The van der Waals surface area contributed by atoms with Crippen molar-refractivity contribution >= 4 is 0 Å². The predicted octanol–water partition coefficient (Wildman–Crippen LogP) is 2.62. The minimum Gasteiger partial charge on any atom is -0.308 e. The van der Waals surface area contributed by atoms with Crippen LogP contribution in [0.4, 0.5) is 0 Å². The summed E-state index contributed by atoms with van der Waals surface area (Å²) in [5, 5.41) is 7.80. The van der Waals surface area contributed by atoms with Crippen molar-refractivity contribution in [3.63, 3.8) is 0 Å². The third kappa shape index (κ3) is 4.00. The molecule has 106 valence electrons. The van der Waals surface area contributed by atoms with E-state index in [1.165, 1.54) is 16.7 Å². The molecule has 4 heteroatoms. The summed E-state index contributed by atoms with van der Waals surface area (Å²) in [4.78, 5) is 4.10. The van der Waals surface area contributed by atoms with Gasteiger partial charge in [0.25, 0.3) is 0 Å². The molecule has 21 heavy (non-hydrogen) atoms. The maximum Gasteiger partial charge on any atom is 0.0659 e. The normalized spacial score (nSPS) is 10.7. The van der Waals surface area contributed by atoms with Gasteiger partial charge in [0.15, 0.2) is 0 Å². The Morgan fingerprint density at radius 3 is 2.48 bits per heavy atom. The van der Waals surface area contributed by atoms with Crippen LogP contribution in [0.3, 0.4) is 0 Å². The first-order chi connectivity index (χ1) is 10.4. The highest BCUT2D eigenvalue weighted by atomic mass is 15.3. The highest BCUT2D eigenvalue weighted by molar-refractivity contribution is 5.15. The van der Waals surface area contributed by atoms with Crippen LogP contribution in [-0.4, -0.2) is 14.8 Å². The number of nitrogens with one attached hydrogen (secondary N) is 1. The van der Waals surface area contributed by atoms with Crippen LogP contribution in [0.5, 0.6) is 0 Å². The molecule has 4 nitrogen and oxygen atoms in total. The lowest BCUT2D eigenvalue weighted by atomic mass is 10.2. The molecule has 0 saturated heterocycles. The first-order valence-corrected chi connectivity index (χ1v) is 7.05. The summed E-state index contributed by atoms with van der Waals surface area (Å²) in [6, 6.07) is 14.4. The van der Waals surface area contributed by atoms with Crippen molar-refractivity contribution in [2.24, 2.45) is 0 Å². The van der Waals surface area contributed by atoms with Gasteiger partial charge in [0.2, 0.25) is 0 Å². The zero-order valence-electron chi connectivity index (χ0n) is 11.8. The molecule has 0 saturated carbocycles. The molecule has 1 N–H and O–H groups in total. The lowest BCUT2D eigenvalue weighted by Crippen LogP contribution is -2.12. The summed E-state index contributed by atoms with van der Waals surface area (Å²) in [7, 11) is 0. The molecule has 0 unspecified atom stereocenters. The number of nitrogens with zero attached hydrogens (tertiary/aromatic N) is 3. The van der Waals surface area contributed by atoms with Gasteiger partial charge in [-0.2, -0.15) is 5.10 Å². The van der Waals surface area contributed by atoms with Crippen LogP contribution in [0.2, 0.25) is 0 Å². The molecule has 1 aromatic carbocycles. The Morgan fingerprint density at radius 1 is 0.857 bits per heavy atom. The van der Waals surface area contributed by atoms with Gasteiger partial charge in [-0.05, 0) is 17.2 Å². The molecular formula is C17H18N4. The molecule has 0 atom stereocenters. The van der Waals surface area contributed by atoms with Crippen molar-refractivity contribution < 1.29 is 0 Å². The van der Waals surface area contributed by atoms with Crippen LogP contribution in [0.1, 0.15) is 16.7 Å². The van der Waals surface area contributed by atoms with Gasteiger partial charge in [-0.25, -0.2) is 0 Å². The zero-order chi connectivity index (χ0) is 14.3. The maximum atomic E-state index is 4.40. The number of hydrogen-bond donors (Lipinski definition) is 1. The van der Waals surface area contributed by atoms with Crippen molar-refractivity contribution in [1.29, 1.82) is 0 Å². The molecule has 3 aromatic rings. The van der Waals surface area contributed by atoms with Crippen LogP contribution in [0, 0.1) is 0 Å². The quantitative estimate of drug-likeness (QED) is 0.753. The lowest BCUT2D eigenvalue weighted by molar-refractivity contribution is 0.676. The highest BCUT2D eigenvalue weighted by Gasteiger charge is 2.00. The minimum atomic E-state index is 0.809. The van der Waals surface area contributed by atoms with E-state index in [0.29, 0.717) is 0 Å². The van der Waals surface area contributed by atoms with Crippen LogP contribution in [0.25, 0.3) is 0 Å². The zero-order valence-corrected chi connectivity index (χ0v) is 11.8. The van der Waals surface area contributed by atoms with Crippen LogP contribution in [0.15, 0.2) is 67.3 Å². The second-order valence-electron chi connectivity index (χ2n) is 5.00. The maximum absolute atomic E-state index is 4.40. The van der Waals surface area contributed by atoms with Gasteiger partial charge >= 0.3 is 0 Å². The topological polar surface area (TPSA) is 42.7 Å². The van der Waals surface area contributed by atoms with E-state index in [4.69, 9.17) is 0 Å². The van der Waals surface area contributed by atoms with E-state index in [1.807, 2.05) is 29.2 Å². The molecule has 2 heterocycles. The number of hydrogen-bond acceptors (Lipinski definition) is 3. The molecule has 0 aliphatic rings. The van der Waals surface area contributed by atoms with Gasteiger partial charge in [0, 0.05) is 37.2 Å². The summed E-state index contributed by atoms with van der Waals surface area (Å²) in [6.45, 7) is 2.44. The smallest absolute Gasteiger partial charge is 0.0659 e. The third-order valence-corrected chi connectivity index (χ3v) is 3.26. The number of benzene rings is 1. The number of rotatable bonds is 6. The Morgan fingerprint density at radius 2 is 1.67 bits per heavy atom. The molecule has 3 rings (SSSR count). The Labute approximate surface area is 124 Å². The van der Waals surface area contributed by atoms with E-state index in [-0.39, 0.29) is 0 Å². The van der Waals surface area contributed by atoms with Gasteiger partial charge in [0.05, 0.1) is 12.7 Å². The average Bonchev–Trinajstić information content (AvgIpc) is 2.97. The Balaban J connectivity index is 1.51. The molecular weight excluding hydrogens is 260 g/mol. The van der Waals surface area contributed by atoms with E-state index in [2.05, 4.69) is 51.9 Å². The predicted molar refractivity (Wildman–Crippen MR) is 82.6 cm³/mol. The number of pyridine rings is 1. The van der Waals surface area contributed by atoms with Gasteiger partial charge in [-0.15, -0.1) is 0 Å². The van der Waals surface area contributed by atoms with Crippen molar-refractivity contribution in [1.82, 2.24) is 20.1 Å². The van der Waals surface area contributed by atoms with Gasteiger partial charge in [0.1, 0.15) is 0 Å². The van der Waals surface area contributed by atoms with Crippen molar-refractivity contribution in [2.75, 3.05) is 0 Å². The fraction of sp³-hybridized carbons (Fsp3) is 0.176. The molecule has 0 aliphatic carbocycles. The lowest BCUT2D eigenvalue weighted by Gasteiger charge is -2.03. The van der Waals surface area contributed by atoms with E-state index < -0.39 is 0 Å². The summed E-state index contributed by atoms with van der Waals surface area (Å²) < 4.78 is 1.97. The first kappa shape index (κ1) is 13.5. The van der Waals surface area contributed by atoms with Gasteiger partial charge in [-0.1, -0.05) is 36.4 Å². The molecule has 0 amide bonds. The largest absolute Gasteiger partial charge is 0.308 e. The van der Waals surface area contributed by atoms with Crippen molar-refractivity contribution in [2.45, 2.75) is 19.6 Å². The molecule has 0 radical (unpaired) electrons. The molecule has 0 fully saturated rings. The van der Waals surface area contributed by atoms with E-state index in [9.17, 15) is 0 Å². The molecule has 0 spiro atoms. The third-order valence-electron chi connectivity index (χ3n) is 3.26. The summed E-state index contributed by atoms with van der Waals surface area (Å²) in [6.07, 6.45) is 7.67. The summed E-state index contributed by atoms with van der Waals surface area (Å²) in [5.41, 5.74) is 3.64. The monoisotopic (exact) mass is 278 g/mol. The summed E-state index contributed by atoms with van der Waals surface area (Å²) in [5.74, 6) is 0. The second-order valence-corrected chi connectivity index (χ2v) is 5.00. The second kappa shape index (κ2) is 6.81. The average molecular weight is 278 g/mol. The van der Waals surface area contributed by atoms with Crippen LogP contribution in [-0.2, 0) is 19.6 Å². The SMILES string of the molecule is c1ccc(Cn2cc(CNCc3cccnc3)cn2)cc1. The Kier molecular flexibility index (Phi) is 4.39. The summed E-state index contributed by atoms with van der Waals surface area (Å²) >= 11 is 0. The first-order valence-electron chi connectivity index (χ1n) is 7.05.